The van der Waals surface area contributed by atoms with Gasteiger partial charge in [0.2, 0.25) is 0 Å². The van der Waals surface area contributed by atoms with Gasteiger partial charge in [-0.15, -0.1) is 0 Å². The molecule has 2 N–H and O–H groups in total. The Hall–Kier alpha value is -1.33. The molecular formula is C12H12BrClN4. The first-order valence-electron chi connectivity index (χ1n) is 5.33. The van der Waals surface area contributed by atoms with Gasteiger partial charge in [-0.3, -0.25) is 0 Å². The summed E-state index contributed by atoms with van der Waals surface area (Å²) < 4.78 is 0.866. The minimum atomic E-state index is 0.653. The molecule has 0 spiro atoms. The molecule has 0 radical (unpaired) electrons. The number of hydrogen-bond donors (Lipinski definition) is 2. The van der Waals surface area contributed by atoms with Crippen molar-refractivity contribution >= 4 is 44.9 Å². The second-order valence-corrected chi connectivity index (χ2v) is 4.96. The molecule has 0 bridgehead atoms. The van der Waals surface area contributed by atoms with Crippen molar-refractivity contribution in [3.63, 3.8) is 0 Å². The first-order valence-corrected chi connectivity index (χ1v) is 6.50. The average Bonchev–Trinajstić information content (AvgIpc) is 2.36. The molecule has 0 aliphatic rings. The van der Waals surface area contributed by atoms with E-state index in [2.05, 4.69) is 36.5 Å². The number of nitrogens with zero attached hydrogens (tertiary/aromatic N) is 2. The van der Waals surface area contributed by atoms with E-state index in [1.54, 1.807) is 0 Å². The zero-order chi connectivity index (χ0) is 13.1. The van der Waals surface area contributed by atoms with Crippen molar-refractivity contribution in [3.05, 3.63) is 39.6 Å². The molecule has 18 heavy (non-hydrogen) atoms. The lowest BCUT2D eigenvalue weighted by atomic mass is 10.2. The molecule has 2 aromatic rings. The molecule has 1 aromatic carbocycles. The van der Waals surface area contributed by atoms with Crippen LogP contribution in [0.4, 0.5) is 17.3 Å². The summed E-state index contributed by atoms with van der Waals surface area (Å²) >= 11 is 9.40. The molecular weight excluding hydrogens is 316 g/mol. The number of anilines is 3. The summed E-state index contributed by atoms with van der Waals surface area (Å²) in [5, 5.41) is 6.89. The molecule has 1 aromatic heterocycles. The predicted molar refractivity (Wildman–Crippen MR) is 78.8 cm³/mol. The lowest BCUT2D eigenvalue weighted by Gasteiger charge is -2.11. The maximum atomic E-state index is 6.05. The maximum absolute atomic E-state index is 6.05. The third-order valence-electron chi connectivity index (χ3n) is 2.50. The van der Waals surface area contributed by atoms with Gasteiger partial charge in [0.1, 0.15) is 18.0 Å². The number of nitrogens with one attached hydrogen (secondary N) is 2. The molecule has 0 fully saturated rings. The van der Waals surface area contributed by atoms with E-state index in [-0.39, 0.29) is 0 Å². The largest absolute Gasteiger partial charge is 0.373 e. The van der Waals surface area contributed by atoms with Crippen molar-refractivity contribution in [2.75, 3.05) is 17.7 Å². The minimum Gasteiger partial charge on any atom is -0.373 e. The van der Waals surface area contributed by atoms with Crippen LogP contribution in [0.15, 0.2) is 29.0 Å². The van der Waals surface area contributed by atoms with Gasteiger partial charge in [-0.05, 0) is 41.1 Å². The highest BCUT2D eigenvalue weighted by atomic mass is 79.9. The molecule has 6 heteroatoms. The van der Waals surface area contributed by atoms with Crippen LogP contribution in [-0.4, -0.2) is 17.0 Å². The molecule has 0 aliphatic carbocycles. The molecule has 0 saturated carbocycles. The van der Waals surface area contributed by atoms with Gasteiger partial charge in [-0.25, -0.2) is 9.97 Å². The fourth-order valence-corrected chi connectivity index (χ4v) is 1.97. The molecule has 2 rings (SSSR count). The highest BCUT2D eigenvalue weighted by Gasteiger charge is 2.06. The maximum Gasteiger partial charge on any atom is 0.138 e. The van der Waals surface area contributed by atoms with Crippen molar-refractivity contribution in [3.8, 4) is 0 Å². The molecule has 0 unspecified atom stereocenters. The summed E-state index contributed by atoms with van der Waals surface area (Å²) in [7, 11) is 1.83. The third kappa shape index (κ3) is 2.73. The lowest BCUT2D eigenvalue weighted by molar-refractivity contribution is 1.12. The molecule has 0 aliphatic heterocycles. The Morgan fingerprint density at radius 1 is 1.22 bits per heavy atom. The Balaban J connectivity index is 2.31. The molecule has 1 heterocycles. The Bertz CT molecular complexity index is 574. The quantitative estimate of drug-likeness (QED) is 0.895. The van der Waals surface area contributed by atoms with E-state index >= 15 is 0 Å². The van der Waals surface area contributed by atoms with Crippen LogP contribution < -0.4 is 10.6 Å². The Morgan fingerprint density at radius 3 is 2.61 bits per heavy atom. The van der Waals surface area contributed by atoms with E-state index in [1.165, 1.54) is 6.33 Å². The predicted octanol–water partition coefficient (Wildman–Crippen LogP) is 3.99. The number of benzene rings is 1. The number of rotatable bonds is 3. The van der Waals surface area contributed by atoms with Crippen molar-refractivity contribution in [1.82, 2.24) is 9.97 Å². The fraction of sp³-hybridized carbons (Fsp3) is 0.167. The second kappa shape index (κ2) is 5.54. The zero-order valence-electron chi connectivity index (χ0n) is 9.96. The van der Waals surface area contributed by atoms with Crippen LogP contribution in [0.25, 0.3) is 0 Å². The van der Waals surface area contributed by atoms with Gasteiger partial charge >= 0.3 is 0 Å². The average molecular weight is 328 g/mol. The van der Waals surface area contributed by atoms with E-state index in [0.29, 0.717) is 5.02 Å². The van der Waals surface area contributed by atoms with E-state index in [0.717, 1.165) is 27.4 Å². The highest BCUT2D eigenvalue weighted by molar-refractivity contribution is 9.10. The van der Waals surface area contributed by atoms with E-state index in [4.69, 9.17) is 11.6 Å². The fourth-order valence-electron chi connectivity index (χ4n) is 1.54. The van der Waals surface area contributed by atoms with Gasteiger partial charge in [0.25, 0.3) is 0 Å². The van der Waals surface area contributed by atoms with Crippen molar-refractivity contribution in [2.24, 2.45) is 0 Å². The Morgan fingerprint density at radius 2 is 1.94 bits per heavy atom. The molecule has 0 amide bonds. The first kappa shape index (κ1) is 13.1. The molecule has 0 saturated heterocycles. The van der Waals surface area contributed by atoms with Crippen LogP contribution in [0, 0.1) is 6.92 Å². The number of aromatic nitrogens is 2. The van der Waals surface area contributed by atoms with Gasteiger partial charge in [-0.1, -0.05) is 11.6 Å². The standard InChI is InChI=1S/C12H12BrClN4/c1-7-11(15-2)16-6-17-12(7)18-8-3-4-9(13)10(14)5-8/h3-6H,1-2H3,(H2,15,16,17,18). The summed E-state index contributed by atoms with van der Waals surface area (Å²) in [6.07, 6.45) is 1.52. The summed E-state index contributed by atoms with van der Waals surface area (Å²) in [4.78, 5) is 8.35. The van der Waals surface area contributed by atoms with Crippen molar-refractivity contribution < 1.29 is 0 Å². The highest BCUT2D eigenvalue weighted by Crippen LogP contribution is 2.28. The Kier molecular flexibility index (Phi) is 4.04. The van der Waals surface area contributed by atoms with E-state index in [1.807, 2.05) is 32.2 Å². The summed E-state index contributed by atoms with van der Waals surface area (Å²) in [5.41, 5.74) is 1.84. The van der Waals surface area contributed by atoms with Gasteiger partial charge in [-0.2, -0.15) is 0 Å². The van der Waals surface area contributed by atoms with Crippen LogP contribution in [-0.2, 0) is 0 Å². The van der Waals surface area contributed by atoms with E-state index < -0.39 is 0 Å². The topological polar surface area (TPSA) is 49.8 Å². The lowest BCUT2D eigenvalue weighted by Crippen LogP contribution is -2.02. The SMILES string of the molecule is CNc1ncnc(Nc2ccc(Br)c(Cl)c2)c1C. The normalized spacial score (nSPS) is 10.2. The van der Waals surface area contributed by atoms with Crippen LogP contribution in [0.5, 0.6) is 0 Å². The monoisotopic (exact) mass is 326 g/mol. The third-order valence-corrected chi connectivity index (χ3v) is 3.74. The van der Waals surface area contributed by atoms with E-state index in [9.17, 15) is 0 Å². The minimum absolute atomic E-state index is 0.653. The summed E-state index contributed by atoms with van der Waals surface area (Å²) in [6.45, 7) is 1.95. The van der Waals surface area contributed by atoms with Crippen LogP contribution >= 0.6 is 27.5 Å². The first-order chi connectivity index (χ1) is 8.61. The number of halogens is 2. The molecule has 94 valence electrons. The van der Waals surface area contributed by atoms with Gasteiger partial charge in [0, 0.05) is 22.8 Å². The van der Waals surface area contributed by atoms with Crippen LogP contribution in [0.3, 0.4) is 0 Å². The van der Waals surface area contributed by atoms with Crippen LogP contribution in [0.1, 0.15) is 5.56 Å². The summed E-state index contributed by atoms with van der Waals surface area (Å²) in [5.74, 6) is 1.56. The second-order valence-electron chi connectivity index (χ2n) is 3.70. The summed E-state index contributed by atoms with van der Waals surface area (Å²) in [6, 6.07) is 5.66. The van der Waals surface area contributed by atoms with Gasteiger partial charge in [0.15, 0.2) is 0 Å². The smallest absolute Gasteiger partial charge is 0.138 e. The number of hydrogen-bond acceptors (Lipinski definition) is 4. The zero-order valence-corrected chi connectivity index (χ0v) is 12.3. The Labute approximate surface area is 119 Å². The van der Waals surface area contributed by atoms with Crippen molar-refractivity contribution in [1.29, 1.82) is 0 Å². The van der Waals surface area contributed by atoms with Crippen molar-refractivity contribution in [2.45, 2.75) is 6.92 Å². The molecule has 4 nitrogen and oxygen atoms in total. The van der Waals surface area contributed by atoms with Gasteiger partial charge < -0.3 is 10.6 Å². The van der Waals surface area contributed by atoms with Gasteiger partial charge in [0.05, 0.1) is 5.02 Å². The van der Waals surface area contributed by atoms with Crippen LogP contribution in [0.2, 0.25) is 5.02 Å². The molecule has 0 atom stereocenters.